The number of amides is 1. The van der Waals surface area contributed by atoms with Gasteiger partial charge in [0.2, 0.25) is 0 Å². The third kappa shape index (κ3) is 6.24. The molecule has 0 aliphatic heterocycles. The number of aliphatic hydroxyl groups excluding tert-OH is 1. The van der Waals surface area contributed by atoms with Gasteiger partial charge in [-0.15, -0.1) is 0 Å². The van der Waals surface area contributed by atoms with Crippen LogP contribution in [0, 0.1) is 5.41 Å². The largest absolute Gasteiger partial charge is 0.490 e. The van der Waals surface area contributed by atoms with Crippen molar-refractivity contribution < 1.29 is 14.6 Å². The predicted octanol–water partition coefficient (Wildman–Crippen LogP) is 3.65. The van der Waals surface area contributed by atoms with Gasteiger partial charge in [-0.3, -0.25) is 4.79 Å². The van der Waals surface area contributed by atoms with E-state index in [0.29, 0.717) is 29.3 Å². The highest BCUT2D eigenvalue weighted by Crippen LogP contribution is 2.25. The van der Waals surface area contributed by atoms with Gasteiger partial charge < -0.3 is 15.2 Å². The third-order valence-electron chi connectivity index (χ3n) is 3.12. The number of rotatable bonds is 7. The second-order valence-corrected chi connectivity index (χ2v) is 7.14. The molecule has 0 aliphatic carbocycles. The fraction of sp³-hybridized carbons (Fsp3) is 0.588. The number of hydrogen-bond donors (Lipinski definition) is 2. The molecule has 0 radical (unpaired) electrons. The van der Waals surface area contributed by atoms with Gasteiger partial charge in [-0.1, -0.05) is 25.4 Å². The van der Waals surface area contributed by atoms with Crippen LogP contribution >= 0.6 is 11.6 Å². The van der Waals surface area contributed by atoms with Crippen LogP contribution in [0.4, 0.5) is 0 Å². The van der Waals surface area contributed by atoms with Gasteiger partial charge in [0, 0.05) is 11.6 Å². The van der Waals surface area contributed by atoms with E-state index < -0.39 is 6.10 Å². The molecular weight excluding hydrogens is 302 g/mol. The number of halogens is 1. The highest BCUT2D eigenvalue weighted by atomic mass is 35.5. The number of benzene rings is 1. The molecular formula is C17H26ClNO3. The zero-order valence-electron chi connectivity index (χ0n) is 13.9. The van der Waals surface area contributed by atoms with E-state index in [-0.39, 0.29) is 17.4 Å². The molecule has 0 bridgehead atoms. The van der Waals surface area contributed by atoms with Crippen molar-refractivity contribution >= 4 is 17.5 Å². The van der Waals surface area contributed by atoms with Crippen LogP contribution in [0.15, 0.2) is 18.2 Å². The topological polar surface area (TPSA) is 58.6 Å². The smallest absolute Gasteiger partial charge is 0.255 e. The van der Waals surface area contributed by atoms with Gasteiger partial charge in [-0.2, -0.15) is 0 Å². The molecule has 0 saturated heterocycles. The number of nitrogens with one attached hydrogen (secondary N) is 1. The van der Waals surface area contributed by atoms with Crippen molar-refractivity contribution in [3.63, 3.8) is 0 Å². The summed E-state index contributed by atoms with van der Waals surface area (Å²) in [6.45, 7) is 10.0. The number of carbonyl (C=O) groups is 1. The van der Waals surface area contributed by atoms with Crippen LogP contribution in [0.3, 0.4) is 0 Å². The van der Waals surface area contributed by atoms with Gasteiger partial charge in [0.1, 0.15) is 5.75 Å². The summed E-state index contributed by atoms with van der Waals surface area (Å²) in [5, 5.41) is 12.9. The maximum absolute atomic E-state index is 12.4. The van der Waals surface area contributed by atoms with Crippen molar-refractivity contribution in [2.24, 2.45) is 5.41 Å². The summed E-state index contributed by atoms with van der Waals surface area (Å²) >= 11 is 5.99. The number of carbonyl (C=O) groups excluding carboxylic acids is 1. The van der Waals surface area contributed by atoms with Crippen LogP contribution < -0.4 is 10.1 Å². The van der Waals surface area contributed by atoms with Gasteiger partial charge in [0.05, 0.1) is 17.8 Å². The lowest BCUT2D eigenvalue weighted by atomic mass is 9.87. The lowest BCUT2D eigenvalue weighted by molar-refractivity contribution is 0.0896. The predicted molar refractivity (Wildman–Crippen MR) is 89.6 cm³/mol. The van der Waals surface area contributed by atoms with E-state index >= 15 is 0 Å². The summed E-state index contributed by atoms with van der Waals surface area (Å²) in [5.41, 5.74) is 0.232. The number of aliphatic hydroxyl groups is 1. The zero-order chi connectivity index (χ0) is 16.9. The number of ether oxygens (including phenoxy) is 1. The van der Waals surface area contributed by atoms with Crippen LogP contribution in [-0.2, 0) is 0 Å². The Labute approximate surface area is 137 Å². The van der Waals surface area contributed by atoms with E-state index in [0.717, 1.165) is 0 Å². The Kier molecular flexibility index (Phi) is 6.69. The fourth-order valence-electron chi connectivity index (χ4n) is 2.32. The zero-order valence-corrected chi connectivity index (χ0v) is 14.7. The quantitative estimate of drug-likeness (QED) is 0.803. The lowest BCUT2D eigenvalue weighted by Crippen LogP contribution is -2.36. The van der Waals surface area contributed by atoms with Crippen LogP contribution in [0.1, 0.15) is 51.4 Å². The Morgan fingerprint density at radius 3 is 2.55 bits per heavy atom. The van der Waals surface area contributed by atoms with Gasteiger partial charge >= 0.3 is 0 Å². The molecule has 0 aliphatic rings. The van der Waals surface area contributed by atoms with Gasteiger partial charge in [-0.25, -0.2) is 0 Å². The van der Waals surface area contributed by atoms with Crippen molar-refractivity contribution in [2.45, 2.75) is 53.2 Å². The van der Waals surface area contributed by atoms with Crippen LogP contribution in [-0.4, -0.2) is 29.8 Å². The first-order valence-corrected chi connectivity index (χ1v) is 7.91. The molecule has 0 aromatic heterocycles. The molecule has 1 rings (SSSR count). The standard InChI is InChI=1S/C17H26ClNO3/c1-11(2)22-15-7-6-13(18)8-14(15)16(21)19-10-17(4,5)9-12(3)20/h6-8,11-12,20H,9-10H2,1-5H3,(H,19,21). The molecule has 124 valence electrons. The van der Waals surface area contributed by atoms with Crippen LogP contribution in [0.25, 0.3) is 0 Å². The van der Waals surface area contributed by atoms with E-state index in [4.69, 9.17) is 16.3 Å². The molecule has 1 aromatic rings. The Morgan fingerprint density at radius 1 is 1.36 bits per heavy atom. The van der Waals surface area contributed by atoms with E-state index in [9.17, 15) is 9.90 Å². The van der Waals surface area contributed by atoms with Crippen molar-refractivity contribution in [1.29, 1.82) is 0 Å². The maximum Gasteiger partial charge on any atom is 0.255 e. The van der Waals surface area contributed by atoms with Crippen molar-refractivity contribution in [1.82, 2.24) is 5.32 Å². The average molecular weight is 328 g/mol. The van der Waals surface area contributed by atoms with Crippen LogP contribution in [0.5, 0.6) is 5.75 Å². The first-order chi connectivity index (χ1) is 10.1. The summed E-state index contributed by atoms with van der Waals surface area (Å²) in [5.74, 6) is 0.294. The molecule has 4 nitrogen and oxygen atoms in total. The molecule has 1 amide bonds. The minimum atomic E-state index is -0.405. The molecule has 5 heteroatoms. The molecule has 2 N–H and O–H groups in total. The monoisotopic (exact) mass is 327 g/mol. The highest BCUT2D eigenvalue weighted by Gasteiger charge is 2.22. The Balaban J connectivity index is 2.82. The summed E-state index contributed by atoms with van der Waals surface area (Å²) in [6, 6.07) is 5.02. The van der Waals surface area contributed by atoms with E-state index in [2.05, 4.69) is 5.32 Å². The van der Waals surface area contributed by atoms with Gasteiger partial charge in [0.15, 0.2) is 0 Å². The first-order valence-electron chi connectivity index (χ1n) is 7.53. The van der Waals surface area contributed by atoms with Crippen molar-refractivity contribution in [2.75, 3.05) is 6.54 Å². The molecule has 1 aromatic carbocycles. The second-order valence-electron chi connectivity index (χ2n) is 6.71. The fourth-order valence-corrected chi connectivity index (χ4v) is 2.50. The average Bonchev–Trinajstić information content (AvgIpc) is 2.36. The molecule has 22 heavy (non-hydrogen) atoms. The number of hydrogen-bond acceptors (Lipinski definition) is 3. The second kappa shape index (κ2) is 7.84. The van der Waals surface area contributed by atoms with Gasteiger partial charge in [-0.05, 0) is 50.8 Å². The minimum Gasteiger partial charge on any atom is -0.490 e. The van der Waals surface area contributed by atoms with Gasteiger partial charge in [0.25, 0.3) is 5.91 Å². The summed E-state index contributed by atoms with van der Waals surface area (Å²) in [6.07, 6.45) is 0.176. The van der Waals surface area contributed by atoms with Crippen molar-refractivity contribution in [3.8, 4) is 5.75 Å². The summed E-state index contributed by atoms with van der Waals surface area (Å²) < 4.78 is 5.66. The third-order valence-corrected chi connectivity index (χ3v) is 3.36. The molecule has 0 saturated carbocycles. The van der Waals surface area contributed by atoms with E-state index in [1.165, 1.54) is 0 Å². The Hall–Kier alpha value is -1.26. The molecule has 0 spiro atoms. The maximum atomic E-state index is 12.4. The molecule has 1 atom stereocenters. The molecule has 1 unspecified atom stereocenters. The van der Waals surface area contributed by atoms with E-state index in [1.54, 1.807) is 25.1 Å². The van der Waals surface area contributed by atoms with Crippen molar-refractivity contribution in [3.05, 3.63) is 28.8 Å². The first kappa shape index (κ1) is 18.8. The summed E-state index contributed by atoms with van der Waals surface area (Å²) in [4.78, 5) is 12.4. The van der Waals surface area contributed by atoms with Crippen LogP contribution in [0.2, 0.25) is 5.02 Å². The molecule has 0 heterocycles. The van der Waals surface area contributed by atoms with E-state index in [1.807, 2.05) is 27.7 Å². The minimum absolute atomic E-state index is 0.0283. The summed E-state index contributed by atoms with van der Waals surface area (Å²) in [7, 11) is 0. The Bertz CT molecular complexity index is 513. The molecule has 0 fully saturated rings. The highest BCUT2D eigenvalue weighted by molar-refractivity contribution is 6.31. The lowest BCUT2D eigenvalue weighted by Gasteiger charge is -2.26. The SMILES string of the molecule is CC(O)CC(C)(C)CNC(=O)c1cc(Cl)ccc1OC(C)C. The normalized spacial score (nSPS) is 13.1. The Morgan fingerprint density at radius 2 is 2.00 bits per heavy atom.